The van der Waals surface area contributed by atoms with Crippen LogP contribution in [0.1, 0.15) is 24.3 Å². The number of non-ortho nitro benzene ring substituents is 1. The normalized spacial score (nSPS) is 20.6. The van der Waals surface area contributed by atoms with E-state index >= 15 is 0 Å². The van der Waals surface area contributed by atoms with Crippen molar-refractivity contribution in [1.29, 1.82) is 0 Å². The lowest BCUT2D eigenvalue weighted by Gasteiger charge is -2.51. The first-order chi connectivity index (χ1) is 18.5. The second-order valence-corrected chi connectivity index (χ2v) is 11.2. The van der Waals surface area contributed by atoms with E-state index in [0.29, 0.717) is 22.8 Å². The number of nitro groups is 1. The minimum absolute atomic E-state index is 0.0488. The van der Waals surface area contributed by atoms with Crippen molar-refractivity contribution in [3.63, 3.8) is 0 Å². The summed E-state index contributed by atoms with van der Waals surface area (Å²) in [6, 6.07) is 5.60. The summed E-state index contributed by atoms with van der Waals surface area (Å²) in [6.45, 7) is 1.12. The number of alkyl halides is 1. The molecule has 1 aromatic carbocycles. The Bertz CT molecular complexity index is 1530. The summed E-state index contributed by atoms with van der Waals surface area (Å²) in [7, 11) is 3.57. The zero-order valence-corrected chi connectivity index (χ0v) is 23.2. The number of nitro benzene ring substituents is 1. The summed E-state index contributed by atoms with van der Waals surface area (Å²) in [5.74, 6) is -1.28. The Hall–Kier alpha value is -3.98. The highest BCUT2D eigenvalue weighted by Crippen LogP contribution is 2.58. The van der Waals surface area contributed by atoms with Gasteiger partial charge in [0.15, 0.2) is 16.3 Å². The Morgan fingerprint density at radius 3 is 2.59 bits per heavy atom. The number of hydrogen-bond acceptors (Lipinski definition) is 10. The third-order valence-electron chi connectivity index (χ3n) is 6.33. The quantitative estimate of drug-likeness (QED) is 0.121. The smallest absolute Gasteiger partial charge is 0.355 e. The van der Waals surface area contributed by atoms with Gasteiger partial charge >= 0.3 is 11.9 Å². The van der Waals surface area contributed by atoms with Crippen LogP contribution in [-0.2, 0) is 44.6 Å². The Balaban J connectivity index is 1.34. The standard InChI is InChI=1S/C24H21BrN6O7S/c1-13(32)38-19(17-8-26-20(29(17)3)16-9-28(2)12-27-16)24(25)22(34)30-18(11-39-23(24)30)21(33)37-10-14-4-6-15(7-5-14)31(35)36/h4-9,11-12,19,23H,10H2,1-3H3/t19?,23-,24?/m1/s1. The van der Waals surface area contributed by atoms with E-state index in [9.17, 15) is 24.5 Å². The van der Waals surface area contributed by atoms with Crippen LogP contribution in [0.5, 0.6) is 0 Å². The van der Waals surface area contributed by atoms with E-state index in [1.807, 2.05) is 7.05 Å². The van der Waals surface area contributed by atoms with Crippen LogP contribution in [0.3, 0.4) is 0 Å². The van der Waals surface area contributed by atoms with E-state index < -0.39 is 38.6 Å². The number of rotatable bonds is 8. The average molecular weight is 617 g/mol. The molecule has 39 heavy (non-hydrogen) atoms. The summed E-state index contributed by atoms with van der Waals surface area (Å²) in [5.41, 5.74) is 1.59. The van der Waals surface area contributed by atoms with Gasteiger partial charge in [0.05, 0.1) is 23.1 Å². The molecule has 1 fully saturated rings. The molecule has 202 valence electrons. The summed E-state index contributed by atoms with van der Waals surface area (Å²) < 4.78 is 13.1. The van der Waals surface area contributed by atoms with Crippen LogP contribution in [0.2, 0.25) is 0 Å². The van der Waals surface area contributed by atoms with E-state index in [4.69, 9.17) is 9.47 Å². The van der Waals surface area contributed by atoms with Gasteiger partial charge in [-0.1, -0.05) is 15.9 Å². The number of aromatic nitrogens is 4. The lowest BCUT2D eigenvalue weighted by atomic mass is 9.89. The number of halogens is 1. The predicted octanol–water partition coefficient (Wildman–Crippen LogP) is 2.97. The molecule has 0 bridgehead atoms. The second kappa shape index (κ2) is 9.96. The molecule has 0 aliphatic carbocycles. The first kappa shape index (κ1) is 26.6. The van der Waals surface area contributed by atoms with E-state index in [2.05, 4.69) is 25.9 Å². The fraction of sp³-hybridized carbons (Fsp3) is 0.292. The number of imidazole rings is 2. The Labute approximate surface area is 234 Å². The van der Waals surface area contributed by atoms with Crippen molar-refractivity contribution in [3.8, 4) is 11.5 Å². The molecule has 1 amide bonds. The van der Waals surface area contributed by atoms with Crippen LogP contribution in [0.15, 0.2) is 54.1 Å². The lowest BCUT2D eigenvalue weighted by Crippen LogP contribution is -2.70. The number of aryl methyl sites for hydroxylation is 1. The fourth-order valence-electron chi connectivity index (χ4n) is 4.38. The molecular weight excluding hydrogens is 596 g/mol. The van der Waals surface area contributed by atoms with Gasteiger partial charge in [-0.15, -0.1) is 11.8 Å². The Morgan fingerprint density at radius 1 is 1.26 bits per heavy atom. The van der Waals surface area contributed by atoms with Gasteiger partial charge in [-0.3, -0.25) is 24.6 Å². The van der Waals surface area contributed by atoms with E-state index in [0.717, 1.165) is 0 Å². The minimum Gasteiger partial charge on any atom is -0.456 e. The molecule has 3 aromatic rings. The highest BCUT2D eigenvalue weighted by molar-refractivity contribution is 9.10. The summed E-state index contributed by atoms with van der Waals surface area (Å²) in [6.07, 6.45) is 3.90. The number of carbonyl (C=O) groups excluding carboxylic acids is 3. The van der Waals surface area contributed by atoms with Gasteiger partial charge in [0.1, 0.15) is 23.4 Å². The molecule has 0 spiro atoms. The summed E-state index contributed by atoms with van der Waals surface area (Å²) in [5, 5.41) is 11.7. The molecule has 0 N–H and O–H groups in total. The second-order valence-electron chi connectivity index (χ2n) is 8.91. The van der Waals surface area contributed by atoms with Crippen molar-refractivity contribution in [2.24, 2.45) is 14.1 Å². The monoisotopic (exact) mass is 616 g/mol. The van der Waals surface area contributed by atoms with Gasteiger partial charge < -0.3 is 18.6 Å². The maximum Gasteiger partial charge on any atom is 0.355 e. The maximum absolute atomic E-state index is 13.6. The van der Waals surface area contributed by atoms with Gasteiger partial charge in [0.25, 0.3) is 11.6 Å². The molecule has 0 radical (unpaired) electrons. The van der Waals surface area contributed by atoms with Gasteiger partial charge in [-0.2, -0.15) is 0 Å². The number of hydrogen-bond donors (Lipinski definition) is 0. The van der Waals surface area contributed by atoms with Crippen molar-refractivity contribution in [3.05, 3.63) is 75.5 Å². The minimum atomic E-state index is -1.38. The third-order valence-corrected chi connectivity index (χ3v) is 9.02. The van der Waals surface area contributed by atoms with Crippen LogP contribution >= 0.6 is 27.7 Å². The van der Waals surface area contributed by atoms with Gasteiger partial charge in [0, 0.05) is 44.8 Å². The Kier molecular flexibility index (Phi) is 6.80. The molecule has 2 aliphatic heterocycles. The number of thioether (sulfide) groups is 1. The topological polar surface area (TPSA) is 152 Å². The number of β-lactam (4-membered cyclic amide) rings is 1. The molecule has 2 aliphatic rings. The van der Waals surface area contributed by atoms with Crippen molar-refractivity contribution < 1.29 is 28.8 Å². The van der Waals surface area contributed by atoms with Crippen LogP contribution in [0.4, 0.5) is 5.69 Å². The predicted molar refractivity (Wildman–Crippen MR) is 141 cm³/mol. The number of amides is 1. The number of benzene rings is 1. The first-order valence-electron chi connectivity index (χ1n) is 11.5. The average Bonchev–Trinajstić information content (AvgIpc) is 3.62. The third kappa shape index (κ3) is 4.50. The number of fused-ring (bicyclic) bond motifs is 1. The van der Waals surface area contributed by atoms with E-state index in [-0.39, 0.29) is 18.0 Å². The number of ether oxygens (including phenoxy) is 2. The molecule has 2 aromatic heterocycles. The number of carbonyl (C=O) groups is 3. The van der Waals surface area contributed by atoms with E-state index in [1.165, 1.54) is 59.5 Å². The van der Waals surface area contributed by atoms with Crippen molar-refractivity contribution in [2.45, 2.75) is 29.3 Å². The molecule has 1 saturated heterocycles. The molecule has 3 atom stereocenters. The summed E-state index contributed by atoms with van der Waals surface area (Å²) >= 11 is 4.77. The van der Waals surface area contributed by atoms with Crippen LogP contribution in [0, 0.1) is 10.1 Å². The van der Waals surface area contributed by atoms with Gasteiger partial charge in [-0.25, -0.2) is 14.8 Å². The number of nitrogens with zero attached hydrogens (tertiary/aromatic N) is 6. The molecule has 2 unspecified atom stereocenters. The van der Waals surface area contributed by atoms with Crippen LogP contribution < -0.4 is 0 Å². The van der Waals surface area contributed by atoms with Crippen LogP contribution in [0.25, 0.3) is 11.5 Å². The number of esters is 2. The molecule has 15 heteroatoms. The largest absolute Gasteiger partial charge is 0.456 e. The van der Waals surface area contributed by atoms with Gasteiger partial charge in [-0.05, 0) is 17.7 Å². The summed E-state index contributed by atoms with van der Waals surface area (Å²) in [4.78, 5) is 58.9. The molecule has 5 rings (SSSR count). The Morgan fingerprint density at radius 2 is 1.97 bits per heavy atom. The maximum atomic E-state index is 13.6. The molecule has 13 nitrogen and oxygen atoms in total. The van der Waals surface area contributed by atoms with Crippen molar-refractivity contribution in [2.75, 3.05) is 0 Å². The lowest BCUT2D eigenvalue weighted by molar-refractivity contribution is -0.384. The molecule has 4 heterocycles. The van der Waals surface area contributed by atoms with Crippen molar-refractivity contribution in [1.82, 2.24) is 24.0 Å². The zero-order valence-electron chi connectivity index (χ0n) is 20.8. The van der Waals surface area contributed by atoms with E-state index in [1.54, 1.807) is 28.7 Å². The highest BCUT2D eigenvalue weighted by atomic mass is 79.9. The molecule has 0 saturated carbocycles. The SMILES string of the molecule is CC(=O)OC(c1cnc(-c2cn(C)cn2)n1C)C1(Br)C(=O)N2C(C(=O)OCc3ccc([N+](=O)[O-])cc3)=CS[C@@H]21. The van der Waals surface area contributed by atoms with Crippen molar-refractivity contribution >= 4 is 51.2 Å². The van der Waals surface area contributed by atoms with Gasteiger partial charge in [0.2, 0.25) is 0 Å². The zero-order chi connectivity index (χ0) is 28.1. The van der Waals surface area contributed by atoms with Crippen LogP contribution in [-0.4, -0.2) is 56.5 Å². The first-order valence-corrected chi connectivity index (χ1v) is 13.2. The molecular formula is C24H21BrN6O7S. The fourth-order valence-corrected chi connectivity index (χ4v) is 6.65. The highest BCUT2D eigenvalue weighted by Gasteiger charge is 2.69.